The number of urea groups is 1. The van der Waals surface area contributed by atoms with Crippen LogP contribution < -0.4 is 15.4 Å². The molecule has 0 radical (unpaired) electrons. The molecule has 2 amide bonds. The SMILES string of the molecule is COc1ccc(C2CC(C)CN2C(=O)NCc2ccc3c(c2)CNC3)cc1. The zero-order valence-corrected chi connectivity index (χ0v) is 16.0. The number of nitrogens with zero attached hydrogens (tertiary/aromatic N) is 1. The Morgan fingerprint density at radius 1 is 1.19 bits per heavy atom. The van der Waals surface area contributed by atoms with Crippen LogP contribution in [0.4, 0.5) is 4.79 Å². The van der Waals surface area contributed by atoms with E-state index in [0.29, 0.717) is 12.5 Å². The van der Waals surface area contributed by atoms with Crippen LogP contribution in [0.2, 0.25) is 0 Å². The first-order chi connectivity index (χ1) is 13.1. The quantitative estimate of drug-likeness (QED) is 0.871. The summed E-state index contributed by atoms with van der Waals surface area (Å²) in [5.74, 6) is 1.33. The van der Waals surface area contributed by atoms with Crippen molar-refractivity contribution in [2.24, 2.45) is 5.92 Å². The minimum absolute atomic E-state index is 0.0128. The third kappa shape index (κ3) is 3.78. The molecule has 2 atom stereocenters. The standard InChI is InChI=1S/C22H27N3O2/c1-15-9-21(17-5-7-20(27-2)8-6-17)25(14-15)22(26)24-11-16-3-4-18-12-23-13-19(18)10-16/h3-8,10,15,21,23H,9,11-14H2,1-2H3,(H,24,26). The van der Waals surface area contributed by atoms with E-state index in [1.165, 1.54) is 16.7 Å². The van der Waals surface area contributed by atoms with Gasteiger partial charge in [-0.15, -0.1) is 0 Å². The Morgan fingerprint density at radius 3 is 2.74 bits per heavy atom. The van der Waals surface area contributed by atoms with Gasteiger partial charge >= 0.3 is 6.03 Å². The van der Waals surface area contributed by atoms with Gasteiger partial charge in [0.1, 0.15) is 5.75 Å². The smallest absolute Gasteiger partial charge is 0.318 e. The lowest BCUT2D eigenvalue weighted by molar-refractivity contribution is 0.191. The number of methoxy groups -OCH3 is 1. The van der Waals surface area contributed by atoms with Gasteiger partial charge in [-0.1, -0.05) is 37.3 Å². The predicted octanol–water partition coefficient (Wildman–Crippen LogP) is 3.59. The summed E-state index contributed by atoms with van der Waals surface area (Å²) >= 11 is 0. The molecular weight excluding hydrogens is 338 g/mol. The Bertz CT molecular complexity index is 819. The molecule has 2 unspecified atom stereocenters. The molecule has 27 heavy (non-hydrogen) atoms. The highest BCUT2D eigenvalue weighted by molar-refractivity contribution is 5.75. The Balaban J connectivity index is 1.43. The van der Waals surface area contributed by atoms with E-state index in [1.807, 2.05) is 17.0 Å². The zero-order chi connectivity index (χ0) is 18.8. The van der Waals surface area contributed by atoms with Gasteiger partial charge in [-0.25, -0.2) is 4.79 Å². The van der Waals surface area contributed by atoms with E-state index >= 15 is 0 Å². The number of benzene rings is 2. The molecule has 0 saturated carbocycles. The predicted molar refractivity (Wildman–Crippen MR) is 105 cm³/mol. The lowest BCUT2D eigenvalue weighted by Crippen LogP contribution is -2.39. The number of amides is 2. The average molecular weight is 365 g/mol. The number of carbonyl (C=O) groups excluding carboxylic acids is 1. The average Bonchev–Trinajstić information content (AvgIpc) is 3.32. The number of nitrogens with one attached hydrogen (secondary N) is 2. The van der Waals surface area contributed by atoms with Crippen molar-refractivity contribution in [2.45, 2.75) is 39.0 Å². The second-order valence-corrected chi connectivity index (χ2v) is 7.65. The van der Waals surface area contributed by atoms with Crippen molar-refractivity contribution in [3.8, 4) is 5.75 Å². The van der Waals surface area contributed by atoms with E-state index in [9.17, 15) is 4.79 Å². The van der Waals surface area contributed by atoms with Crippen molar-refractivity contribution in [3.63, 3.8) is 0 Å². The normalized spacial score (nSPS) is 21.2. The molecule has 4 rings (SSSR count). The van der Waals surface area contributed by atoms with Crippen molar-refractivity contribution in [1.29, 1.82) is 0 Å². The van der Waals surface area contributed by atoms with Crippen molar-refractivity contribution >= 4 is 6.03 Å². The molecule has 0 aromatic heterocycles. The number of rotatable bonds is 4. The van der Waals surface area contributed by atoms with Crippen LogP contribution in [0.5, 0.6) is 5.75 Å². The number of hydrogen-bond acceptors (Lipinski definition) is 3. The van der Waals surface area contributed by atoms with Gasteiger partial charge < -0.3 is 20.3 Å². The van der Waals surface area contributed by atoms with Gasteiger partial charge in [-0.3, -0.25) is 0 Å². The van der Waals surface area contributed by atoms with Crippen LogP contribution in [0, 0.1) is 5.92 Å². The van der Waals surface area contributed by atoms with Crippen LogP contribution in [0.25, 0.3) is 0 Å². The van der Waals surface area contributed by atoms with Gasteiger partial charge in [0.2, 0.25) is 0 Å². The maximum absolute atomic E-state index is 12.9. The monoisotopic (exact) mass is 365 g/mol. The fraction of sp³-hybridized carbons (Fsp3) is 0.409. The highest BCUT2D eigenvalue weighted by Gasteiger charge is 2.34. The Morgan fingerprint density at radius 2 is 1.96 bits per heavy atom. The first-order valence-electron chi connectivity index (χ1n) is 9.64. The first-order valence-corrected chi connectivity index (χ1v) is 9.64. The maximum Gasteiger partial charge on any atom is 0.318 e. The van der Waals surface area contributed by atoms with Crippen LogP contribution in [-0.2, 0) is 19.6 Å². The van der Waals surface area contributed by atoms with Gasteiger partial charge in [0.25, 0.3) is 0 Å². The molecule has 5 nitrogen and oxygen atoms in total. The van der Waals surface area contributed by atoms with Crippen LogP contribution in [0.15, 0.2) is 42.5 Å². The molecule has 2 aliphatic heterocycles. The Labute approximate surface area is 160 Å². The fourth-order valence-corrected chi connectivity index (χ4v) is 4.15. The van der Waals surface area contributed by atoms with Gasteiger partial charge in [0, 0.05) is 26.2 Å². The summed E-state index contributed by atoms with van der Waals surface area (Å²) in [7, 11) is 1.67. The van der Waals surface area contributed by atoms with E-state index in [0.717, 1.165) is 37.4 Å². The number of hydrogen-bond donors (Lipinski definition) is 2. The summed E-state index contributed by atoms with van der Waals surface area (Å²) < 4.78 is 5.25. The van der Waals surface area contributed by atoms with Gasteiger partial charge in [0.05, 0.1) is 13.2 Å². The van der Waals surface area contributed by atoms with Crippen molar-refractivity contribution in [3.05, 3.63) is 64.7 Å². The minimum atomic E-state index is 0.0128. The maximum atomic E-state index is 12.9. The summed E-state index contributed by atoms with van der Waals surface area (Å²) in [5, 5.41) is 6.47. The fourth-order valence-electron chi connectivity index (χ4n) is 4.15. The molecule has 1 fully saturated rings. The molecule has 2 aliphatic rings. The number of fused-ring (bicyclic) bond motifs is 1. The number of carbonyl (C=O) groups is 1. The van der Waals surface area contributed by atoms with E-state index in [1.54, 1.807) is 7.11 Å². The van der Waals surface area contributed by atoms with Gasteiger partial charge in [-0.2, -0.15) is 0 Å². The topological polar surface area (TPSA) is 53.6 Å². The summed E-state index contributed by atoms with van der Waals surface area (Å²) in [6, 6.07) is 14.7. The highest BCUT2D eigenvalue weighted by atomic mass is 16.5. The summed E-state index contributed by atoms with van der Waals surface area (Å²) in [6.45, 7) is 5.41. The van der Waals surface area contributed by atoms with Crippen molar-refractivity contribution in [2.75, 3.05) is 13.7 Å². The Hall–Kier alpha value is -2.53. The van der Waals surface area contributed by atoms with E-state index < -0.39 is 0 Å². The first kappa shape index (κ1) is 17.9. The minimum Gasteiger partial charge on any atom is -0.497 e. The molecule has 0 aliphatic carbocycles. The van der Waals surface area contributed by atoms with Crippen molar-refractivity contribution < 1.29 is 9.53 Å². The molecule has 0 bridgehead atoms. The molecule has 2 aromatic rings. The largest absolute Gasteiger partial charge is 0.497 e. The highest BCUT2D eigenvalue weighted by Crippen LogP contribution is 2.35. The van der Waals surface area contributed by atoms with Gasteiger partial charge in [0.15, 0.2) is 0 Å². The molecule has 142 valence electrons. The summed E-state index contributed by atoms with van der Waals surface area (Å²) in [6.07, 6.45) is 0.990. The third-order valence-corrected chi connectivity index (χ3v) is 5.62. The molecule has 0 spiro atoms. The molecule has 2 aromatic carbocycles. The molecule has 1 saturated heterocycles. The van der Waals surface area contributed by atoms with E-state index in [4.69, 9.17) is 4.74 Å². The van der Waals surface area contributed by atoms with E-state index in [-0.39, 0.29) is 12.1 Å². The summed E-state index contributed by atoms with van der Waals surface area (Å²) in [5.41, 5.74) is 5.02. The number of likely N-dealkylation sites (tertiary alicyclic amines) is 1. The molecular formula is C22H27N3O2. The third-order valence-electron chi connectivity index (χ3n) is 5.62. The second-order valence-electron chi connectivity index (χ2n) is 7.65. The van der Waals surface area contributed by atoms with Crippen LogP contribution >= 0.6 is 0 Å². The molecule has 5 heteroatoms. The lowest BCUT2D eigenvalue weighted by Gasteiger charge is -2.25. The van der Waals surface area contributed by atoms with Crippen molar-refractivity contribution in [1.82, 2.24) is 15.5 Å². The van der Waals surface area contributed by atoms with E-state index in [2.05, 4.69) is 47.9 Å². The molecule has 2 heterocycles. The van der Waals surface area contributed by atoms with Crippen LogP contribution in [0.3, 0.4) is 0 Å². The zero-order valence-electron chi connectivity index (χ0n) is 16.0. The van der Waals surface area contributed by atoms with Gasteiger partial charge in [-0.05, 0) is 46.7 Å². The summed E-state index contributed by atoms with van der Waals surface area (Å²) in [4.78, 5) is 14.9. The van der Waals surface area contributed by atoms with Crippen LogP contribution in [-0.4, -0.2) is 24.6 Å². The van der Waals surface area contributed by atoms with Crippen LogP contribution in [0.1, 0.15) is 41.6 Å². The lowest BCUT2D eigenvalue weighted by atomic mass is 10.0. The number of ether oxygens (including phenoxy) is 1. The second kappa shape index (κ2) is 7.61. The Kier molecular flexibility index (Phi) is 5.03. The molecule has 2 N–H and O–H groups in total.